The number of nitrogens with zero attached hydrogens (tertiary/aromatic N) is 3. The molecular formula is C18H28N4O. The van der Waals surface area contributed by atoms with Gasteiger partial charge in [0.05, 0.1) is 0 Å². The van der Waals surface area contributed by atoms with Crippen molar-refractivity contribution in [3.05, 3.63) is 30.1 Å². The normalized spacial score (nSPS) is 26.2. The first-order valence-electron chi connectivity index (χ1n) is 8.86. The van der Waals surface area contributed by atoms with Gasteiger partial charge in [-0.2, -0.15) is 0 Å². The standard InChI is InChI=1S/C18H28N4O/c19-13-15-1-3-17(4-2-15)18(23)22-11-9-21(10-12-22)14-16-5-7-20-8-6-16/h5-8,15,17H,1-4,9-14,19H2. The predicted octanol–water partition coefficient (Wildman–Crippen LogP) is 1.49. The minimum Gasteiger partial charge on any atom is -0.340 e. The summed E-state index contributed by atoms with van der Waals surface area (Å²) in [5.41, 5.74) is 7.03. The Morgan fingerprint density at radius 1 is 1.09 bits per heavy atom. The zero-order chi connectivity index (χ0) is 16.1. The Labute approximate surface area is 138 Å². The third kappa shape index (κ3) is 4.30. The lowest BCUT2D eigenvalue weighted by atomic mass is 9.81. The largest absolute Gasteiger partial charge is 0.340 e. The van der Waals surface area contributed by atoms with E-state index in [9.17, 15) is 4.79 Å². The van der Waals surface area contributed by atoms with Crippen molar-refractivity contribution in [1.82, 2.24) is 14.8 Å². The highest BCUT2D eigenvalue weighted by Crippen LogP contribution is 2.29. The number of piperazine rings is 1. The van der Waals surface area contributed by atoms with Crippen molar-refractivity contribution in [2.45, 2.75) is 32.2 Å². The Morgan fingerprint density at radius 3 is 2.35 bits per heavy atom. The van der Waals surface area contributed by atoms with Gasteiger partial charge in [-0.1, -0.05) is 0 Å². The lowest BCUT2D eigenvalue weighted by molar-refractivity contribution is -0.138. The smallest absolute Gasteiger partial charge is 0.225 e. The maximum Gasteiger partial charge on any atom is 0.225 e. The van der Waals surface area contributed by atoms with E-state index in [4.69, 9.17) is 5.73 Å². The fraction of sp³-hybridized carbons (Fsp3) is 0.667. The average molecular weight is 316 g/mol. The Balaban J connectivity index is 1.44. The van der Waals surface area contributed by atoms with E-state index in [-0.39, 0.29) is 5.92 Å². The summed E-state index contributed by atoms with van der Waals surface area (Å²) in [6, 6.07) is 4.13. The topological polar surface area (TPSA) is 62.5 Å². The third-order valence-corrected chi connectivity index (χ3v) is 5.37. The van der Waals surface area contributed by atoms with Crippen LogP contribution in [0.25, 0.3) is 0 Å². The molecule has 0 bridgehead atoms. The van der Waals surface area contributed by atoms with Gasteiger partial charge in [-0.3, -0.25) is 14.7 Å². The molecule has 0 aromatic carbocycles. The van der Waals surface area contributed by atoms with Crippen LogP contribution in [-0.4, -0.2) is 53.4 Å². The molecule has 1 aromatic heterocycles. The molecule has 1 aliphatic carbocycles. The molecule has 5 nitrogen and oxygen atoms in total. The van der Waals surface area contributed by atoms with Gasteiger partial charge in [0.15, 0.2) is 0 Å². The monoisotopic (exact) mass is 316 g/mol. The van der Waals surface area contributed by atoms with Gasteiger partial charge in [0, 0.05) is 51.0 Å². The second kappa shape index (κ2) is 7.88. The highest BCUT2D eigenvalue weighted by Gasteiger charge is 2.30. The number of hydrogen-bond acceptors (Lipinski definition) is 4. The number of nitrogens with two attached hydrogens (primary N) is 1. The summed E-state index contributed by atoms with van der Waals surface area (Å²) in [5, 5.41) is 0. The Hall–Kier alpha value is -1.46. The molecule has 0 atom stereocenters. The molecule has 1 saturated heterocycles. The fourth-order valence-electron chi connectivity index (χ4n) is 3.78. The summed E-state index contributed by atoms with van der Waals surface area (Å²) in [5.74, 6) is 1.25. The SMILES string of the molecule is NCC1CCC(C(=O)N2CCN(Cc3ccncc3)CC2)CC1. The summed E-state index contributed by atoms with van der Waals surface area (Å²) < 4.78 is 0. The number of aromatic nitrogens is 1. The minimum atomic E-state index is 0.240. The van der Waals surface area contributed by atoms with E-state index in [0.717, 1.165) is 65.0 Å². The Kier molecular flexibility index (Phi) is 5.62. The molecule has 1 amide bonds. The number of amides is 1. The van der Waals surface area contributed by atoms with E-state index in [0.29, 0.717) is 11.8 Å². The second-order valence-corrected chi connectivity index (χ2v) is 6.91. The van der Waals surface area contributed by atoms with E-state index >= 15 is 0 Å². The van der Waals surface area contributed by atoms with Crippen LogP contribution >= 0.6 is 0 Å². The maximum absolute atomic E-state index is 12.7. The van der Waals surface area contributed by atoms with E-state index in [1.165, 1.54) is 5.56 Å². The third-order valence-electron chi connectivity index (χ3n) is 5.37. The first-order chi connectivity index (χ1) is 11.3. The number of hydrogen-bond donors (Lipinski definition) is 1. The van der Waals surface area contributed by atoms with Crippen molar-refractivity contribution in [2.24, 2.45) is 17.6 Å². The number of pyridine rings is 1. The van der Waals surface area contributed by atoms with Crippen LogP contribution in [0.1, 0.15) is 31.2 Å². The molecule has 3 rings (SSSR count). The molecule has 1 saturated carbocycles. The van der Waals surface area contributed by atoms with Gasteiger partial charge in [-0.25, -0.2) is 0 Å². The second-order valence-electron chi connectivity index (χ2n) is 6.91. The molecule has 0 spiro atoms. The first-order valence-corrected chi connectivity index (χ1v) is 8.86. The number of carbonyl (C=O) groups is 1. The molecule has 2 heterocycles. The zero-order valence-corrected chi connectivity index (χ0v) is 13.9. The molecule has 23 heavy (non-hydrogen) atoms. The highest BCUT2D eigenvalue weighted by atomic mass is 16.2. The predicted molar refractivity (Wildman–Crippen MR) is 90.6 cm³/mol. The van der Waals surface area contributed by atoms with Crippen LogP contribution in [0.5, 0.6) is 0 Å². The minimum absolute atomic E-state index is 0.240. The van der Waals surface area contributed by atoms with Crippen LogP contribution in [0, 0.1) is 11.8 Å². The molecule has 2 N–H and O–H groups in total. The summed E-state index contributed by atoms with van der Waals surface area (Å²) in [6.07, 6.45) is 7.97. The van der Waals surface area contributed by atoms with Crippen molar-refractivity contribution in [1.29, 1.82) is 0 Å². The first kappa shape index (κ1) is 16.4. The molecule has 0 unspecified atom stereocenters. The average Bonchev–Trinajstić information content (AvgIpc) is 2.63. The summed E-state index contributed by atoms with van der Waals surface area (Å²) >= 11 is 0. The summed E-state index contributed by atoms with van der Waals surface area (Å²) in [7, 11) is 0. The molecule has 2 fully saturated rings. The van der Waals surface area contributed by atoms with Crippen LogP contribution in [0.4, 0.5) is 0 Å². The summed E-state index contributed by atoms with van der Waals surface area (Å²) in [6.45, 7) is 5.38. The van der Waals surface area contributed by atoms with E-state index in [1.807, 2.05) is 12.4 Å². The Morgan fingerprint density at radius 2 is 1.74 bits per heavy atom. The molecule has 2 aliphatic rings. The van der Waals surface area contributed by atoms with Gasteiger partial charge < -0.3 is 10.6 Å². The van der Waals surface area contributed by atoms with Gasteiger partial charge in [-0.15, -0.1) is 0 Å². The van der Waals surface area contributed by atoms with Gasteiger partial charge in [-0.05, 0) is 55.8 Å². The lowest BCUT2D eigenvalue weighted by Crippen LogP contribution is -2.50. The van der Waals surface area contributed by atoms with Crippen LogP contribution < -0.4 is 5.73 Å². The summed E-state index contributed by atoms with van der Waals surface area (Å²) in [4.78, 5) is 21.2. The van der Waals surface area contributed by atoms with Crippen LogP contribution in [0.15, 0.2) is 24.5 Å². The van der Waals surface area contributed by atoms with Gasteiger partial charge in [0.1, 0.15) is 0 Å². The Bertz CT molecular complexity index is 491. The molecule has 1 aromatic rings. The number of rotatable bonds is 4. The highest BCUT2D eigenvalue weighted by molar-refractivity contribution is 5.79. The van der Waals surface area contributed by atoms with Crippen LogP contribution in [0.2, 0.25) is 0 Å². The fourth-order valence-corrected chi connectivity index (χ4v) is 3.78. The maximum atomic E-state index is 12.7. The van der Waals surface area contributed by atoms with Gasteiger partial charge in [0.2, 0.25) is 5.91 Å². The van der Waals surface area contributed by atoms with Crippen molar-refractivity contribution < 1.29 is 4.79 Å². The zero-order valence-electron chi connectivity index (χ0n) is 13.9. The van der Waals surface area contributed by atoms with Crippen molar-refractivity contribution in [3.8, 4) is 0 Å². The van der Waals surface area contributed by atoms with Gasteiger partial charge >= 0.3 is 0 Å². The van der Waals surface area contributed by atoms with Crippen molar-refractivity contribution in [2.75, 3.05) is 32.7 Å². The molecular weight excluding hydrogens is 288 g/mol. The van der Waals surface area contributed by atoms with Crippen LogP contribution in [-0.2, 0) is 11.3 Å². The van der Waals surface area contributed by atoms with E-state index in [1.54, 1.807) is 0 Å². The quantitative estimate of drug-likeness (QED) is 0.914. The molecule has 126 valence electrons. The molecule has 5 heteroatoms. The van der Waals surface area contributed by atoms with Crippen molar-refractivity contribution in [3.63, 3.8) is 0 Å². The lowest BCUT2D eigenvalue weighted by Gasteiger charge is -2.37. The van der Waals surface area contributed by atoms with E-state index in [2.05, 4.69) is 26.9 Å². The van der Waals surface area contributed by atoms with Gasteiger partial charge in [0.25, 0.3) is 0 Å². The molecule has 0 radical (unpaired) electrons. The molecule has 1 aliphatic heterocycles. The number of carbonyl (C=O) groups excluding carboxylic acids is 1. The van der Waals surface area contributed by atoms with E-state index < -0.39 is 0 Å². The van der Waals surface area contributed by atoms with Crippen LogP contribution in [0.3, 0.4) is 0 Å². The van der Waals surface area contributed by atoms with Crippen molar-refractivity contribution >= 4 is 5.91 Å².